The van der Waals surface area contributed by atoms with E-state index >= 15 is 0 Å². The number of aromatic nitrogens is 2. The number of fused-ring (bicyclic) bond motifs is 1. The first kappa shape index (κ1) is 14.3. The molecule has 1 aromatic heterocycles. The number of carbonyl (C=O) groups excluding carboxylic acids is 1. The lowest BCUT2D eigenvalue weighted by Gasteiger charge is -2.26. The van der Waals surface area contributed by atoms with Gasteiger partial charge in [0.15, 0.2) is 0 Å². The molecule has 2 aliphatic rings. The first-order valence-electron chi connectivity index (χ1n) is 8.39. The van der Waals surface area contributed by atoms with Crippen LogP contribution in [0.15, 0.2) is 42.7 Å². The maximum atomic E-state index is 12.3. The zero-order chi connectivity index (χ0) is 15.6. The fraction of sp³-hybridized carbons (Fsp3) is 0.444. The van der Waals surface area contributed by atoms with Gasteiger partial charge in [-0.25, -0.2) is 4.79 Å². The molecule has 1 saturated carbocycles. The summed E-state index contributed by atoms with van der Waals surface area (Å²) >= 11 is 0. The first-order valence-corrected chi connectivity index (χ1v) is 8.39. The second kappa shape index (κ2) is 6.07. The monoisotopic (exact) mass is 310 g/mol. The van der Waals surface area contributed by atoms with E-state index in [0.717, 1.165) is 31.0 Å². The molecule has 2 aromatic rings. The molecule has 2 atom stereocenters. The van der Waals surface area contributed by atoms with Crippen molar-refractivity contribution in [1.82, 2.24) is 20.0 Å². The van der Waals surface area contributed by atoms with Crippen LogP contribution < -0.4 is 5.32 Å². The molecular weight excluding hydrogens is 288 g/mol. The molecule has 120 valence electrons. The predicted octanol–water partition coefficient (Wildman–Crippen LogP) is 2.63. The Morgan fingerprint density at radius 2 is 2.09 bits per heavy atom. The zero-order valence-corrected chi connectivity index (χ0v) is 13.2. The molecule has 1 saturated heterocycles. The SMILES string of the molecule is O=C(NCc1ccc(Cn2cccn2)cc1)N1CCCC2CC21. The van der Waals surface area contributed by atoms with E-state index in [2.05, 4.69) is 34.7 Å². The van der Waals surface area contributed by atoms with Gasteiger partial charge >= 0.3 is 6.03 Å². The summed E-state index contributed by atoms with van der Waals surface area (Å²) in [6.45, 7) is 2.28. The molecule has 23 heavy (non-hydrogen) atoms. The molecular formula is C18H22N4O. The highest BCUT2D eigenvalue weighted by Gasteiger charge is 2.45. The number of piperidine rings is 1. The Morgan fingerprint density at radius 1 is 1.26 bits per heavy atom. The third kappa shape index (κ3) is 3.23. The molecule has 0 radical (unpaired) electrons. The van der Waals surface area contributed by atoms with Crippen LogP contribution in [0.1, 0.15) is 30.4 Å². The Kier molecular flexibility index (Phi) is 3.77. The average molecular weight is 310 g/mol. The number of hydrogen-bond donors (Lipinski definition) is 1. The lowest BCUT2D eigenvalue weighted by atomic mass is 10.1. The van der Waals surface area contributed by atoms with Gasteiger partial charge in [-0.2, -0.15) is 5.10 Å². The zero-order valence-electron chi connectivity index (χ0n) is 13.2. The number of carbonyl (C=O) groups is 1. The van der Waals surface area contributed by atoms with Crippen molar-refractivity contribution in [3.63, 3.8) is 0 Å². The van der Waals surface area contributed by atoms with E-state index in [9.17, 15) is 4.79 Å². The van der Waals surface area contributed by atoms with E-state index in [1.807, 2.05) is 21.8 Å². The minimum atomic E-state index is 0.0952. The van der Waals surface area contributed by atoms with Gasteiger partial charge in [-0.05, 0) is 42.4 Å². The number of likely N-dealkylation sites (tertiary alicyclic amines) is 1. The van der Waals surface area contributed by atoms with Gasteiger partial charge in [0, 0.05) is 31.5 Å². The van der Waals surface area contributed by atoms with Crippen molar-refractivity contribution in [1.29, 1.82) is 0 Å². The number of benzene rings is 1. The van der Waals surface area contributed by atoms with Crippen LogP contribution in [0, 0.1) is 5.92 Å². The van der Waals surface area contributed by atoms with E-state index in [4.69, 9.17) is 0 Å². The van der Waals surface area contributed by atoms with Crippen LogP contribution >= 0.6 is 0 Å². The molecule has 4 rings (SSSR count). The quantitative estimate of drug-likeness (QED) is 0.944. The van der Waals surface area contributed by atoms with E-state index in [1.54, 1.807) is 6.20 Å². The molecule has 1 aliphatic carbocycles. The van der Waals surface area contributed by atoms with Crippen molar-refractivity contribution in [3.05, 3.63) is 53.9 Å². The van der Waals surface area contributed by atoms with Crippen LogP contribution in [0.5, 0.6) is 0 Å². The van der Waals surface area contributed by atoms with Crippen molar-refractivity contribution >= 4 is 6.03 Å². The summed E-state index contributed by atoms with van der Waals surface area (Å²) in [5, 5.41) is 7.27. The van der Waals surface area contributed by atoms with Crippen LogP contribution in [-0.2, 0) is 13.1 Å². The maximum absolute atomic E-state index is 12.3. The van der Waals surface area contributed by atoms with Crippen molar-refractivity contribution < 1.29 is 4.79 Å². The molecule has 5 heteroatoms. The molecule has 1 N–H and O–H groups in total. The van der Waals surface area contributed by atoms with Crippen LogP contribution in [0.25, 0.3) is 0 Å². The van der Waals surface area contributed by atoms with Crippen molar-refractivity contribution in [3.8, 4) is 0 Å². The highest BCUT2D eigenvalue weighted by atomic mass is 16.2. The summed E-state index contributed by atoms with van der Waals surface area (Å²) in [4.78, 5) is 14.3. The van der Waals surface area contributed by atoms with E-state index in [1.165, 1.54) is 18.4 Å². The van der Waals surface area contributed by atoms with Gasteiger partial charge in [0.1, 0.15) is 0 Å². The first-order chi connectivity index (χ1) is 11.3. The summed E-state index contributed by atoms with van der Waals surface area (Å²) < 4.78 is 1.90. The fourth-order valence-electron chi connectivity index (χ4n) is 3.49. The van der Waals surface area contributed by atoms with Gasteiger partial charge in [-0.15, -0.1) is 0 Å². The number of amides is 2. The molecule has 1 aromatic carbocycles. The third-order valence-electron chi connectivity index (χ3n) is 4.89. The topological polar surface area (TPSA) is 50.2 Å². The summed E-state index contributed by atoms with van der Waals surface area (Å²) in [7, 11) is 0. The highest BCUT2D eigenvalue weighted by Crippen LogP contribution is 2.42. The molecule has 0 spiro atoms. The Bertz CT molecular complexity index is 665. The molecule has 2 heterocycles. The summed E-state index contributed by atoms with van der Waals surface area (Å²) in [6, 6.07) is 10.9. The largest absolute Gasteiger partial charge is 0.334 e. The minimum absolute atomic E-state index is 0.0952. The van der Waals surface area contributed by atoms with Gasteiger partial charge in [0.2, 0.25) is 0 Å². The van der Waals surface area contributed by atoms with Gasteiger partial charge in [0.25, 0.3) is 0 Å². The average Bonchev–Trinajstić information content (AvgIpc) is 3.21. The van der Waals surface area contributed by atoms with Crippen molar-refractivity contribution in [2.24, 2.45) is 5.92 Å². The van der Waals surface area contributed by atoms with Crippen LogP contribution in [0.3, 0.4) is 0 Å². The van der Waals surface area contributed by atoms with E-state index in [0.29, 0.717) is 12.6 Å². The van der Waals surface area contributed by atoms with Crippen LogP contribution in [0.4, 0.5) is 4.79 Å². The molecule has 0 bridgehead atoms. The van der Waals surface area contributed by atoms with Gasteiger partial charge in [-0.1, -0.05) is 24.3 Å². The summed E-state index contributed by atoms with van der Waals surface area (Å²) in [5.41, 5.74) is 2.34. The smallest absolute Gasteiger partial charge is 0.317 e. The van der Waals surface area contributed by atoms with Crippen molar-refractivity contribution in [2.75, 3.05) is 6.54 Å². The van der Waals surface area contributed by atoms with Crippen molar-refractivity contribution in [2.45, 2.75) is 38.4 Å². The lowest BCUT2D eigenvalue weighted by molar-refractivity contribution is 0.181. The Morgan fingerprint density at radius 3 is 2.87 bits per heavy atom. The second-order valence-electron chi connectivity index (χ2n) is 6.58. The van der Waals surface area contributed by atoms with Gasteiger partial charge in [-0.3, -0.25) is 4.68 Å². The predicted molar refractivity (Wildman–Crippen MR) is 87.8 cm³/mol. The summed E-state index contributed by atoms with van der Waals surface area (Å²) in [6.07, 6.45) is 7.39. The van der Waals surface area contributed by atoms with E-state index in [-0.39, 0.29) is 6.03 Å². The molecule has 2 unspecified atom stereocenters. The lowest BCUT2D eigenvalue weighted by Crippen LogP contribution is -2.43. The Hall–Kier alpha value is -2.30. The molecule has 1 aliphatic heterocycles. The van der Waals surface area contributed by atoms with Gasteiger partial charge < -0.3 is 10.2 Å². The number of nitrogens with zero attached hydrogens (tertiary/aromatic N) is 3. The Balaban J connectivity index is 1.30. The molecule has 5 nitrogen and oxygen atoms in total. The number of urea groups is 1. The standard InChI is InChI=1S/C18H22N4O/c23-18(22-10-1-3-16-11-17(16)22)19-12-14-4-6-15(7-5-14)13-21-9-2-8-20-21/h2,4-9,16-17H,1,3,10-13H2,(H,19,23). The van der Waals surface area contributed by atoms with Crippen LogP contribution in [-0.4, -0.2) is 33.3 Å². The number of nitrogens with one attached hydrogen (secondary N) is 1. The highest BCUT2D eigenvalue weighted by molar-refractivity contribution is 5.75. The number of rotatable bonds is 4. The fourth-order valence-corrected chi connectivity index (χ4v) is 3.49. The van der Waals surface area contributed by atoms with Gasteiger partial charge in [0.05, 0.1) is 6.54 Å². The van der Waals surface area contributed by atoms with E-state index < -0.39 is 0 Å². The molecule has 2 fully saturated rings. The van der Waals surface area contributed by atoms with Crippen LogP contribution in [0.2, 0.25) is 0 Å². The summed E-state index contributed by atoms with van der Waals surface area (Å²) in [5.74, 6) is 0.774. The third-order valence-corrected chi connectivity index (χ3v) is 4.89. The molecule has 2 amide bonds. The second-order valence-corrected chi connectivity index (χ2v) is 6.58. The minimum Gasteiger partial charge on any atom is -0.334 e. The Labute approximate surface area is 136 Å². The maximum Gasteiger partial charge on any atom is 0.317 e. The number of hydrogen-bond acceptors (Lipinski definition) is 2. The normalized spacial score (nSPS) is 22.5.